The zero-order valence-electron chi connectivity index (χ0n) is 15.5. The molecule has 1 atom stereocenters. The van der Waals surface area contributed by atoms with Gasteiger partial charge in [0.05, 0.1) is 23.6 Å². The first-order valence-electron chi connectivity index (χ1n) is 8.82. The van der Waals surface area contributed by atoms with E-state index in [1.54, 1.807) is 11.8 Å². The maximum Gasteiger partial charge on any atom is 0.221 e. The Balaban J connectivity index is 1.94. The molecule has 25 heavy (non-hydrogen) atoms. The van der Waals surface area contributed by atoms with Crippen molar-refractivity contribution in [3.8, 4) is 5.69 Å². The van der Waals surface area contributed by atoms with Crippen LogP contribution in [0.2, 0.25) is 0 Å². The molecule has 1 heterocycles. The maximum absolute atomic E-state index is 12.3. The van der Waals surface area contributed by atoms with Crippen molar-refractivity contribution >= 4 is 17.7 Å². The Morgan fingerprint density at radius 1 is 1.40 bits per heavy atom. The SMILES string of the molecule is CSCCC(=O)N[C@H]1CC(C)(C)Cc2c1cnn2-c1ccccc1C. The lowest BCUT2D eigenvalue weighted by molar-refractivity contribution is -0.121. The van der Waals surface area contributed by atoms with Gasteiger partial charge in [-0.15, -0.1) is 0 Å². The topological polar surface area (TPSA) is 46.9 Å². The fraction of sp³-hybridized carbons (Fsp3) is 0.500. The van der Waals surface area contributed by atoms with Gasteiger partial charge in [0.1, 0.15) is 0 Å². The van der Waals surface area contributed by atoms with Crippen molar-refractivity contribution in [2.75, 3.05) is 12.0 Å². The van der Waals surface area contributed by atoms with Gasteiger partial charge < -0.3 is 5.32 Å². The molecule has 3 rings (SSSR count). The number of carbonyl (C=O) groups excluding carboxylic acids is 1. The number of thioether (sulfide) groups is 1. The van der Waals surface area contributed by atoms with Gasteiger partial charge in [-0.1, -0.05) is 32.0 Å². The van der Waals surface area contributed by atoms with Crippen molar-refractivity contribution in [2.45, 2.75) is 46.1 Å². The highest BCUT2D eigenvalue weighted by atomic mass is 32.2. The number of nitrogens with zero attached hydrogens (tertiary/aromatic N) is 2. The molecular weight excluding hydrogens is 330 g/mol. The van der Waals surface area contributed by atoms with Crippen molar-refractivity contribution < 1.29 is 4.79 Å². The smallest absolute Gasteiger partial charge is 0.221 e. The first-order valence-corrected chi connectivity index (χ1v) is 10.2. The van der Waals surface area contributed by atoms with Gasteiger partial charge in [-0.2, -0.15) is 16.9 Å². The molecule has 0 unspecified atom stereocenters. The Morgan fingerprint density at radius 2 is 2.16 bits per heavy atom. The highest BCUT2D eigenvalue weighted by Gasteiger charge is 2.36. The lowest BCUT2D eigenvalue weighted by Gasteiger charge is -2.36. The molecule has 4 nitrogen and oxygen atoms in total. The molecule has 1 aliphatic rings. The van der Waals surface area contributed by atoms with Crippen LogP contribution < -0.4 is 5.32 Å². The quantitative estimate of drug-likeness (QED) is 0.878. The fourth-order valence-corrected chi connectivity index (χ4v) is 4.03. The molecule has 0 saturated carbocycles. The van der Waals surface area contributed by atoms with Gasteiger partial charge in [-0.3, -0.25) is 4.79 Å². The van der Waals surface area contributed by atoms with Gasteiger partial charge >= 0.3 is 0 Å². The lowest BCUT2D eigenvalue weighted by atomic mass is 9.74. The molecule has 1 aromatic carbocycles. The van der Waals surface area contributed by atoms with E-state index in [1.165, 1.54) is 16.8 Å². The summed E-state index contributed by atoms with van der Waals surface area (Å²) in [5.74, 6) is 0.990. The number of amides is 1. The minimum atomic E-state index is 0.0471. The van der Waals surface area contributed by atoms with Gasteiger partial charge in [-0.25, -0.2) is 4.68 Å². The standard InChI is InChI=1S/C20H27N3OS/c1-14-7-5-6-8-17(14)23-18-12-20(2,3)11-16(15(18)13-21-23)22-19(24)9-10-25-4/h5-8,13,16H,9-12H2,1-4H3,(H,22,24)/t16-/m0/s1. The zero-order valence-corrected chi connectivity index (χ0v) is 16.3. The van der Waals surface area contributed by atoms with Crippen LogP contribution in [0.15, 0.2) is 30.5 Å². The van der Waals surface area contributed by atoms with E-state index in [2.05, 4.69) is 48.0 Å². The van der Waals surface area contributed by atoms with Crippen LogP contribution in [0.25, 0.3) is 5.69 Å². The van der Waals surface area contributed by atoms with Crippen LogP contribution in [-0.4, -0.2) is 27.7 Å². The van der Waals surface area contributed by atoms with Gasteiger partial charge in [0.2, 0.25) is 5.91 Å². The van der Waals surface area contributed by atoms with E-state index in [0.717, 1.165) is 24.3 Å². The molecule has 0 radical (unpaired) electrons. The van der Waals surface area contributed by atoms with E-state index in [9.17, 15) is 4.79 Å². The summed E-state index contributed by atoms with van der Waals surface area (Å²) in [6.45, 7) is 6.65. The number of benzene rings is 1. The van der Waals surface area contributed by atoms with Crippen LogP contribution in [0.1, 0.15) is 49.6 Å². The average molecular weight is 358 g/mol. The van der Waals surface area contributed by atoms with Crippen LogP contribution >= 0.6 is 11.8 Å². The molecule has 1 N–H and O–H groups in total. The third kappa shape index (κ3) is 3.92. The Bertz CT molecular complexity index is 766. The summed E-state index contributed by atoms with van der Waals surface area (Å²) in [5.41, 5.74) is 4.84. The molecule has 2 aromatic rings. The van der Waals surface area contributed by atoms with E-state index in [0.29, 0.717) is 6.42 Å². The monoisotopic (exact) mass is 357 g/mol. The van der Waals surface area contributed by atoms with Crippen LogP contribution in [0, 0.1) is 12.3 Å². The van der Waals surface area contributed by atoms with E-state index >= 15 is 0 Å². The highest BCUT2D eigenvalue weighted by Crippen LogP contribution is 2.41. The second-order valence-corrected chi connectivity index (χ2v) is 8.64. The summed E-state index contributed by atoms with van der Waals surface area (Å²) in [6.07, 6.45) is 6.45. The molecular formula is C20H27N3OS. The number of fused-ring (bicyclic) bond motifs is 1. The van der Waals surface area contributed by atoms with Crippen molar-refractivity contribution in [2.24, 2.45) is 5.41 Å². The second kappa shape index (κ2) is 7.24. The van der Waals surface area contributed by atoms with Crippen LogP contribution in [-0.2, 0) is 11.2 Å². The Kier molecular flexibility index (Phi) is 5.23. The third-order valence-electron chi connectivity index (χ3n) is 4.89. The van der Waals surface area contributed by atoms with Crippen molar-refractivity contribution in [3.63, 3.8) is 0 Å². The predicted molar refractivity (Wildman–Crippen MR) is 104 cm³/mol. The summed E-state index contributed by atoms with van der Waals surface area (Å²) in [7, 11) is 0. The van der Waals surface area contributed by atoms with Crippen LogP contribution in [0.4, 0.5) is 0 Å². The normalized spacial score (nSPS) is 18.6. The van der Waals surface area contributed by atoms with E-state index in [1.807, 2.05) is 24.6 Å². The predicted octanol–water partition coefficient (Wildman–Crippen LogP) is 4.06. The third-order valence-corrected chi connectivity index (χ3v) is 5.50. The number of aryl methyl sites for hydroxylation is 1. The molecule has 5 heteroatoms. The average Bonchev–Trinajstić information content (AvgIpc) is 2.95. The van der Waals surface area contributed by atoms with E-state index < -0.39 is 0 Å². The minimum Gasteiger partial charge on any atom is -0.349 e. The molecule has 1 amide bonds. The molecule has 0 spiro atoms. The maximum atomic E-state index is 12.3. The number of para-hydroxylation sites is 1. The van der Waals surface area contributed by atoms with E-state index in [4.69, 9.17) is 0 Å². The van der Waals surface area contributed by atoms with Gasteiger partial charge in [0.15, 0.2) is 0 Å². The molecule has 1 aliphatic carbocycles. The van der Waals surface area contributed by atoms with Crippen LogP contribution in [0.5, 0.6) is 0 Å². The summed E-state index contributed by atoms with van der Waals surface area (Å²) in [4.78, 5) is 12.3. The molecule has 0 fully saturated rings. The van der Waals surface area contributed by atoms with Gasteiger partial charge in [-0.05, 0) is 43.1 Å². The Hall–Kier alpha value is -1.75. The number of rotatable bonds is 5. The van der Waals surface area contributed by atoms with Crippen molar-refractivity contribution in [1.29, 1.82) is 0 Å². The summed E-state index contributed by atoms with van der Waals surface area (Å²) >= 11 is 1.70. The fourth-order valence-electron chi connectivity index (χ4n) is 3.64. The summed E-state index contributed by atoms with van der Waals surface area (Å²) in [6, 6.07) is 8.36. The Morgan fingerprint density at radius 3 is 2.88 bits per heavy atom. The number of nitrogens with one attached hydrogen (secondary N) is 1. The van der Waals surface area contributed by atoms with Crippen molar-refractivity contribution in [3.05, 3.63) is 47.3 Å². The second-order valence-electron chi connectivity index (χ2n) is 7.65. The number of hydrogen-bond donors (Lipinski definition) is 1. The zero-order chi connectivity index (χ0) is 18.0. The number of carbonyl (C=O) groups is 1. The van der Waals surface area contributed by atoms with Gasteiger partial charge in [0, 0.05) is 17.7 Å². The number of hydrogen-bond acceptors (Lipinski definition) is 3. The molecule has 134 valence electrons. The number of aromatic nitrogens is 2. The minimum absolute atomic E-state index is 0.0471. The lowest BCUT2D eigenvalue weighted by Crippen LogP contribution is -2.36. The first-order chi connectivity index (χ1) is 11.9. The molecule has 1 aromatic heterocycles. The molecule has 0 bridgehead atoms. The van der Waals surface area contributed by atoms with Crippen molar-refractivity contribution in [1.82, 2.24) is 15.1 Å². The highest BCUT2D eigenvalue weighted by molar-refractivity contribution is 7.98. The summed E-state index contributed by atoms with van der Waals surface area (Å²) in [5, 5.41) is 7.91. The molecule has 0 saturated heterocycles. The van der Waals surface area contributed by atoms with Crippen LogP contribution in [0.3, 0.4) is 0 Å². The molecule has 0 aliphatic heterocycles. The largest absolute Gasteiger partial charge is 0.349 e. The first kappa shape index (κ1) is 18.1. The summed E-state index contributed by atoms with van der Waals surface area (Å²) < 4.78 is 2.06. The van der Waals surface area contributed by atoms with E-state index in [-0.39, 0.29) is 17.4 Å². The Labute approximate surface area is 154 Å². The van der Waals surface area contributed by atoms with Gasteiger partial charge in [0.25, 0.3) is 0 Å².